The fraction of sp³-hybridized carbons (Fsp3) is 0.158. The number of non-ortho nitro benzene ring substituents is 1. The second-order valence-corrected chi connectivity index (χ2v) is 6.93. The Bertz CT molecular complexity index is 1140. The summed E-state index contributed by atoms with van der Waals surface area (Å²) in [4.78, 5) is 15.7. The Balaban J connectivity index is 1.71. The number of hydrogen-bond donors (Lipinski definition) is 0. The van der Waals surface area contributed by atoms with Gasteiger partial charge < -0.3 is 14.2 Å². The summed E-state index contributed by atoms with van der Waals surface area (Å²) in [7, 11) is 4.68. The van der Waals surface area contributed by atoms with E-state index in [1.54, 1.807) is 44.2 Å². The predicted molar refractivity (Wildman–Crippen MR) is 108 cm³/mol. The molecule has 2 heterocycles. The van der Waals surface area contributed by atoms with Crippen molar-refractivity contribution in [3.63, 3.8) is 0 Å². The van der Waals surface area contributed by atoms with E-state index in [-0.39, 0.29) is 5.69 Å². The van der Waals surface area contributed by atoms with Crippen molar-refractivity contribution in [2.24, 2.45) is 0 Å². The summed E-state index contributed by atoms with van der Waals surface area (Å²) in [6.07, 6.45) is 1.79. The molecule has 0 spiro atoms. The fourth-order valence-corrected chi connectivity index (χ4v) is 3.78. The number of imidazole rings is 1. The zero-order chi connectivity index (χ0) is 20.5. The number of rotatable bonds is 6. The van der Waals surface area contributed by atoms with E-state index < -0.39 is 4.92 Å². The molecule has 0 radical (unpaired) electrons. The molecule has 0 bridgehead atoms. The van der Waals surface area contributed by atoms with Gasteiger partial charge >= 0.3 is 0 Å². The number of aromatic nitrogens is 3. The van der Waals surface area contributed by atoms with E-state index in [0.29, 0.717) is 27.9 Å². The number of hydrogen-bond acceptors (Lipinski definition) is 8. The minimum atomic E-state index is -0.430. The third-order valence-electron chi connectivity index (χ3n) is 4.33. The van der Waals surface area contributed by atoms with Crippen molar-refractivity contribution in [2.45, 2.75) is 0 Å². The van der Waals surface area contributed by atoms with Gasteiger partial charge in [-0.1, -0.05) is 11.3 Å². The smallest absolute Gasteiger partial charge is 0.269 e. The van der Waals surface area contributed by atoms with E-state index in [0.717, 1.165) is 16.1 Å². The molecule has 0 aliphatic rings. The van der Waals surface area contributed by atoms with Crippen LogP contribution >= 0.6 is 11.3 Å². The predicted octanol–water partition coefficient (Wildman–Crippen LogP) is 4.06. The van der Waals surface area contributed by atoms with E-state index in [9.17, 15) is 10.1 Å². The first kappa shape index (κ1) is 18.7. The summed E-state index contributed by atoms with van der Waals surface area (Å²) in [5.41, 5.74) is 2.32. The number of fused-ring (bicyclic) bond motifs is 1. The van der Waals surface area contributed by atoms with Crippen molar-refractivity contribution in [2.75, 3.05) is 21.3 Å². The summed E-state index contributed by atoms with van der Waals surface area (Å²) < 4.78 is 17.8. The van der Waals surface area contributed by atoms with Crippen LogP contribution in [0.3, 0.4) is 0 Å². The van der Waals surface area contributed by atoms with Crippen molar-refractivity contribution in [1.82, 2.24) is 14.6 Å². The van der Waals surface area contributed by atoms with Gasteiger partial charge in [0.2, 0.25) is 10.7 Å². The van der Waals surface area contributed by atoms with E-state index in [2.05, 4.69) is 10.1 Å². The first-order valence-electron chi connectivity index (χ1n) is 8.45. The van der Waals surface area contributed by atoms with Gasteiger partial charge in [0.1, 0.15) is 5.01 Å². The Labute approximate surface area is 169 Å². The van der Waals surface area contributed by atoms with Crippen LogP contribution in [0.1, 0.15) is 0 Å². The number of nitro groups is 1. The van der Waals surface area contributed by atoms with Crippen LogP contribution in [-0.4, -0.2) is 40.9 Å². The highest BCUT2D eigenvalue weighted by Crippen LogP contribution is 2.42. The average Bonchev–Trinajstić information content (AvgIpc) is 3.32. The Morgan fingerprint density at radius 1 is 1.00 bits per heavy atom. The quantitative estimate of drug-likeness (QED) is 0.348. The lowest BCUT2D eigenvalue weighted by Crippen LogP contribution is -1.95. The van der Waals surface area contributed by atoms with Gasteiger partial charge in [-0.15, -0.1) is 0 Å². The monoisotopic (exact) mass is 412 g/mol. The third kappa shape index (κ3) is 3.34. The zero-order valence-electron chi connectivity index (χ0n) is 15.8. The molecule has 4 aromatic rings. The van der Waals surface area contributed by atoms with Crippen LogP contribution in [0.2, 0.25) is 0 Å². The van der Waals surface area contributed by atoms with Crippen LogP contribution in [0.15, 0.2) is 42.6 Å². The molecule has 4 rings (SSSR count). The highest BCUT2D eigenvalue weighted by molar-refractivity contribution is 7.19. The van der Waals surface area contributed by atoms with Crippen LogP contribution in [0, 0.1) is 10.1 Å². The van der Waals surface area contributed by atoms with Crippen molar-refractivity contribution >= 4 is 22.0 Å². The molecule has 0 atom stereocenters. The van der Waals surface area contributed by atoms with Gasteiger partial charge in [0.05, 0.1) is 38.1 Å². The molecule has 0 N–H and O–H groups in total. The van der Waals surface area contributed by atoms with Gasteiger partial charge in [0.25, 0.3) is 5.69 Å². The minimum Gasteiger partial charge on any atom is -0.493 e. The van der Waals surface area contributed by atoms with Gasteiger partial charge in [-0.3, -0.25) is 10.1 Å². The summed E-state index contributed by atoms with van der Waals surface area (Å²) in [6.45, 7) is 0. The van der Waals surface area contributed by atoms with Crippen LogP contribution in [0.4, 0.5) is 5.69 Å². The number of methoxy groups -OCH3 is 3. The Morgan fingerprint density at radius 2 is 1.66 bits per heavy atom. The lowest BCUT2D eigenvalue weighted by molar-refractivity contribution is -0.384. The van der Waals surface area contributed by atoms with Crippen LogP contribution in [0.25, 0.3) is 26.8 Å². The molecular formula is C19H16N4O5S. The van der Waals surface area contributed by atoms with E-state index in [1.165, 1.54) is 23.5 Å². The lowest BCUT2D eigenvalue weighted by atomic mass is 10.1. The molecule has 9 nitrogen and oxygen atoms in total. The van der Waals surface area contributed by atoms with Gasteiger partial charge in [-0.25, -0.2) is 9.50 Å². The molecular weight excluding hydrogens is 396 g/mol. The van der Waals surface area contributed by atoms with Gasteiger partial charge in [-0.2, -0.15) is 5.10 Å². The van der Waals surface area contributed by atoms with Crippen LogP contribution in [0.5, 0.6) is 17.2 Å². The Hall–Kier alpha value is -3.66. The molecule has 0 aliphatic heterocycles. The minimum absolute atomic E-state index is 0.0394. The Morgan fingerprint density at radius 3 is 2.17 bits per heavy atom. The molecule has 0 aliphatic carbocycles. The van der Waals surface area contributed by atoms with Crippen LogP contribution < -0.4 is 14.2 Å². The standard InChI is InChI=1S/C19H16N4O5S/c1-26-15-8-12(9-16(27-2)17(15)28-3)18-21-22-10-14(20-19(22)29-18)11-4-6-13(7-5-11)23(24)25/h4-10H,1-3H3. The zero-order valence-corrected chi connectivity index (χ0v) is 16.6. The molecule has 2 aromatic heterocycles. The van der Waals surface area contributed by atoms with Crippen molar-refractivity contribution in [3.05, 3.63) is 52.7 Å². The second kappa shape index (κ2) is 7.40. The number of nitrogens with zero attached hydrogens (tertiary/aromatic N) is 4. The molecule has 0 saturated heterocycles. The normalized spacial score (nSPS) is 10.9. The van der Waals surface area contributed by atoms with Crippen molar-refractivity contribution in [1.29, 1.82) is 0 Å². The number of ether oxygens (including phenoxy) is 3. The van der Waals surface area contributed by atoms with Crippen LogP contribution in [-0.2, 0) is 0 Å². The highest BCUT2D eigenvalue weighted by Gasteiger charge is 2.18. The molecule has 0 amide bonds. The largest absolute Gasteiger partial charge is 0.493 e. The van der Waals surface area contributed by atoms with Gasteiger partial charge in [0, 0.05) is 23.3 Å². The maximum atomic E-state index is 10.8. The molecule has 0 saturated carbocycles. The van der Waals surface area contributed by atoms with Crippen molar-refractivity contribution < 1.29 is 19.1 Å². The van der Waals surface area contributed by atoms with E-state index in [4.69, 9.17) is 14.2 Å². The maximum absolute atomic E-state index is 10.8. The molecule has 0 fully saturated rings. The van der Waals surface area contributed by atoms with E-state index >= 15 is 0 Å². The summed E-state index contributed by atoms with van der Waals surface area (Å²) in [5.74, 6) is 1.60. The van der Waals surface area contributed by atoms with E-state index in [1.807, 2.05) is 12.1 Å². The van der Waals surface area contributed by atoms with Gasteiger partial charge in [-0.05, 0) is 24.3 Å². The fourth-order valence-electron chi connectivity index (χ4n) is 2.91. The Kier molecular flexibility index (Phi) is 4.77. The lowest BCUT2D eigenvalue weighted by Gasteiger charge is -2.13. The molecule has 29 heavy (non-hydrogen) atoms. The van der Waals surface area contributed by atoms with Gasteiger partial charge in [0.15, 0.2) is 11.5 Å². The molecule has 2 aromatic carbocycles. The number of nitro benzene ring substituents is 1. The average molecular weight is 412 g/mol. The summed E-state index contributed by atoms with van der Waals surface area (Å²) >= 11 is 1.41. The molecule has 0 unspecified atom stereocenters. The first-order chi connectivity index (χ1) is 14.0. The topological polar surface area (TPSA) is 101 Å². The first-order valence-corrected chi connectivity index (χ1v) is 9.27. The molecule has 148 valence electrons. The second-order valence-electron chi connectivity index (χ2n) is 5.98. The number of benzene rings is 2. The highest BCUT2D eigenvalue weighted by atomic mass is 32.1. The summed E-state index contributed by atoms with van der Waals surface area (Å²) in [5, 5.41) is 16.1. The van der Waals surface area contributed by atoms with Crippen molar-refractivity contribution in [3.8, 4) is 39.1 Å². The molecule has 10 heteroatoms. The SMILES string of the molecule is COc1cc(-c2nn3cc(-c4ccc([N+](=O)[O-])cc4)nc3s2)cc(OC)c1OC. The third-order valence-corrected chi connectivity index (χ3v) is 5.30. The maximum Gasteiger partial charge on any atom is 0.269 e. The summed E-state index contributed by atoms with van der Waals surface area (Å²) in [6, 6.07) is 9.91.